The van der Waals surface area contributed by atoms with Crippen LogP contribution in [0.2, 0.25) is 0 Å². The van der Waals surface area contributed by atoms with Crippen LogP contribution in [0.15, 0.2) is 24.3 Å². The second-order valence-corrected chi connectivity index (χ2v) is 7.03. The number of nitrogen functional groups attached to an aromatic ring is 1. The quantitative estimate of drug-likeness (QED) is 0.764. The minimum atomic E-state index is -0.954. The molecule has 2 aromatic rings. The van der Waals surface area contributed by atoms with Crippen LogP contribution in [0.25, 0.3) is 0 Å². The number of carbonyl (C=O) groups is 1. The molecule has 6 nitrogen and oxygen atoms in total. The van der Waals surface area contributed by atoms with Gasteiger partial charge in [0.15, 0.2) is 0 Å². The fourth-order valence-corrected chi connectivity index (χ4v) is 4.29. The van der Waals surface area contributed by atoms with Gasteiger partial charge in [0.05, 0.1) is 12.7 Å². The van der Waals surface area contributed by atoms with Gasteiger partial charge in [0.25, 0.3) is 0 Å². The summed E-state index contributed by atoms with van der Waals surface area (Å²) in [6.45, 7) is 1.90. The molecular weight excluding hydrogens is 326 g/mol. The van der Waals surface area contributed by atoms with E-state index in [-0.39, 0.29) is 11.6 Å². The van der Waals surface area contributed by atoms with Crippen LogP contribution in [-0.2, 0) is 19.5 Å². The molecule has 0 fully saturated rings. The number of fused-ring (bicyclic) bond motifs is 1. The summed E-state index contributed by atoms with van der Waals surface area (Å²) in [7, 11) is 1.65. The van der Waals surface area contributed by atoms with Crippen molar-refractivity contribution in [3.63, 3.8) is 0 Å². The highest BCUT2D eigenvalue weighted by molar-refractivity contribution is 7.16. The first-order valence-electron chi connectivity index (χ1n) is 7.73. The monoisotopic (exact) mass is 347 g/mol. The third-order valence-electron chi connectivity index (χ3n) is 4.45. The van der Waals surface area contributed by atoms with Crippen LogP contribution in [0, 0.1) is 0 Å². The molecule has 7 heteroatoms. The zero-order valence-electron chi connectivity index (χ0n) is 13.5. The van der Waals surface area contributed by atoms with Gasteiger partial charge in [0.2, 0.25) is 0 Å². The second-order valence-electron chi connectivity index (χ2n) is 5.89. The average Bonchev–Trinajstić information content (AvgIpc) is 2.89. The maximum atomic E-state index is 11.5. The number of aromatic carboxylic acids is 1. The largest absolute Gasteiger partial charge is 0.497 e. The first-order valence-corrected chi connectivity index (χ1v) is 8.55. The van der Waals surface area contributed by atoms with E-state index in [1.54, 1.807) is 7.11 Å². The number of carboxylic acids is 1. The zero-order valence-corrected chi connectivity index (χ0v) is 14.3. The average molecular weight is 347 g/mol. The molecule has 2 heterocycles. The first-order chi connectivity index (χ1) is 11.5. The highest BCUT2D eigenvalue weighted by Gasteiger charge is 2.31. The van der Waals surface area contributed by atoms with E-state index < -0.39 is 5.97 Å². The predicted octanol–water partition coefficient (Wildman–Crippen LogP) is 1.92. The number of nitrogens with zero attached hydrogens (tertiary/aromatic N) is 1. The third kappa shape index (κ3) is 3.10. The minimum absolute atomic E-state index is 0.103. The SMILES string of the molecule is COc1ccc(CN2Cc3sc(N)c(C(=O)O)c3CC2CN)cc1. The summed E-state index contributed by atoms with van der Waals surface area (Å²) in [5.74, 6) is -0.128. The molecule has 0 saturated heterocycles. The number of rotatable bonds is 5. The van der Waals surface area contributed by atoms with Gasteiger partial charge in [-0.15, -0.1) is 11.3 Å². The van der Waals surface area contributed by atoms with Crippen LogP contribution in [0.5, 0.6) is 5.75 Å². The van der Waals surface area contributed by atoms with Gasteiger partial charge < -0.3 is 21.3 Å². The lowest BCUT2D eigenvalue weighted by Crippen LogP contribution is -2.44. The van der Waals surface area contributed by atoms with E-state index in [9.17, 15) is 9.90 Å². The lowest BCUT2D eigenvalue weighted by atomic mass is 9.95. The molecule has 1 unspecified atom stereocenters. The molecule has 0 radical (unpaired) electrons. The Morgan fingerprint density at radius 3 is 2.71 bits per heavy atom. The van der Waals surface area contributed by atoms with Gasteiger partial charge in [-0.25, -0.2) is 4.79 Å². The van der Waals surface area contributed by atoms with Gasteiger partial charge in [-0.05, 0) is 29.7 Å². The molecule has 1 atom stereocenters. The van der Waals surface area contributed by atoms with Crippen LogP contribution in [0.4, 0.5) is 5.00 Å². The van der Waals surface area contributed by atoms with Crippen LogP contribution in [0.1, 0.15) is 26.4 Å². The van der Waals surface area contributed by atoms with Gasteiger partial charge in [-0.3, -0.25) is 4.90 Å². The zero-order chi connectivity index (χ0) is 17.3. The number of hydrogen-bond acceptors (Lipinski definition) is 6. The highest BCUT2D eigenvalue weighted by Crippen LogP contribution is 2.37. The topological polar surface area (TPSA) is 102 Å². The van der Waals surface area contributed by atoms with E-state index in [0.29, 0.717) is 24.5 Å². The molecule has 1 aliphatic heterocycles. The Balaban J connectivity index is 1.84. The summed E-state index contributed by atoms with van der Waals surface area (Å²) in [6, 6.07) is 8.05. The smallest absolute Gasteiger partial charge is 0.338 e. The number of anilines is 1. The van der Waals surface area contributed by atoms with Crippen molar-refractivity contribution in [2.75, 3.05) is 19.4 Å². The van der Waals surface area contributed by atoms with Gasteiger partial charge in [0.1, 0.15) is 10.8 Å². The van der Waals surface area contributed by atoms with E-state index in [0.717, 1.165) is 22.7 Å². The highest BCUT2D eigenvalue weighted by atomic mass is 32.1. The Morgan fingerprint density at radius 1 is 1.42 bits per heavy atom. The number of benzene rings is 1. The van der Waals surface area contributed by atoms with Crippen molar-refractivity contribution in [2.24, 2.45) is 5.73 Å². The number of methoxy groups -OCH3 is 1. The third-order valence-corrected chi connectivity index (χ3v) is 5.50. The number of carboxylic acid groups (broad SMARTS) is 1. The van der Waals surface area contributed by atoms with E-state index in [4.69, 9.17) is 16.2 Å². The van der Waals surface area contributed by atoms with Crippen molar-refractivity contribution in [3.8, 4) is 5.75 Å². The van der Waals surface area contributed by atoms with Crippen molar-refractivity contribution in [3.05, 3.63) is 45.8 Å². The molecule has 0 spiro atoms. The molecule has 0 saturated carbocycles. The van der Waals surface area contributed by atoms with Gasteiger partial charge in [-0.1, -0.05) is 12.1 Å². The Hall–Kier alpha value is -2.09. The molecule has 1 aromatic carbocycles. The van der Waals surface area contributed by atoms with E-state index in [1.165, 1.54) is 16.9 Å². The molecule has 128 valence electrons. The van der Waals surface area contributed by atoms with Crippen LogP contribution in [0.3, 0.4) is 0 Å². The summed E-state index contributed by atoms with van der Waals surface area (Å²) in [4.78, 5) is 14.8. The fraction of sp³-hybridized carbons (Fsp3) is 0.353. The van der Waals surface area contributed by atoms with Gasteiger partial charge in [-0.2, -0.15) is 0 Å². The molecule has 0 aliphatic carbocycles. The fourth-order valence-electron chi connectivity index (χ4n) is 3.17. The van der Waals surface area contributed by atoms with Gasteiger partial charge >= 0.3 is 5.97 Å². The van der Waals surface area contributed by atoms with Crippen molar-refractivity contribution in [2.45, 2.75) is 25.6 Å². The predicted molar refractivity (Wildman–Crippen MR) is 94.5 cm³/mol. The minimum Gasteiger partial charge on any atom is -0.497 e. The van der Waals surface area contributed by atoms with Crippen LogP contribution >= 0.6 is 11.3 Å². The van der Waals surface area contributed by atoms with Crippen LogP contribution < -0.4 is 16.2 Å². The Labute approximate surface area is 144 Å². The molecular formula is C17H21N3O3S. The summed E-state index contributed by atoms with van der Waals surface area (Å²) in [6.07, 6.45) is 0.622. The van der Waals surface area contributed by atoms with Crippen LogP contribution in [-0.4, -0.2) is 35.7 Å². The van der Waals surface area contributed by atoms with Crippen molar-refractivity contribution in [1.29, 1.82) is 0 Å². The first kappa shape index (κ1) is 16.8. The molecule has 5 N–H and O–H groups in total. The maximum absolute atomic E-state index is 11.5. The van der Waals surface area contributed by atoms with Crippen molar-refractivity contribution >= 4 is 22.3 Å². The Bertz CT molecular complexity index is 742. The molecule has 1 aromatic heterocycles. The lowest BCUT2D eigenvalue weighted by Gasteiger charge is -2.35. The summed E-state index contributed by atoms with van der Waals surface area (Å²) < 4.78 is 5.18. The number of thiophene rings is 1. The van der Waals surface area contributed by atoms with E-state index in [1.807, 2.05) is 24.3 Å². The number of nitrogens with two attached hydrogens (primary N) is 2. The normalized spacial score (nSPS) is 17.5. The number of hydrogen-bond donors (Lipinski definition) is 3. The second kappa shape index (κ2) is 6.80. The van der Waals surface area contributed by atoms with E-state index >= 15 is 0 Å². The molecule has 24 heavy (non-hydrogen) atoms. The molecule has 1 aliphatic rings. The number of ether oxygens (including phenoxy) is 1. The Morgan fingerprint density at radius 2 is 2.12 bits per heavy atom. The van der Waals surface area contributed by atoms with Crippen molar-refractivity contribution in [1.82, 2.24) is 4.90 Å². The summed E-state index contributed by atoms with van der Waals surface area (Å²) in [5, 5.41) is 9.77. The molecule has 0 amide bonds. The standard InChI is InChI=1S/C17H21N3O3S/c1-23-12-4-2-10(3-5-12)8-20-9-14-13(6-11(20)7-18)15(17(21)22)16(19)24-14/h2-5,11H,6-9,18-19H2,1H3,(H,21,22). The lowest BCUT2D eigenvalue weighted by molar-refractivity contribution is 0.0695. The summed E-state index contributed by atoms with van der Waals surface area (Å²) >= 11 is 1.37. The Kier molecular flexibility index (Phi) is 4.75. The molecule has 3 rings (SSSR count). The maximum Gasteiger partial charge on any atom is 0.338 e. The van der Waals surface area contributed by atoms with Crippen molar-refractivity contribution < 1.29 is 14.6 Å². The molecule has 0 bridgehead atoms. The van der Waals surface area contributed by atoms with Gasteiger partial charge in [0, 0.05) is 30.6 Å². The van der Waals surface area contributed by atoms with E-state index in [2.05, 4.69) is 4.90 Å². The summed E-state index contributed by atoms with van der Waals surface area (Å²) in [5.41, 5.74) is 14.1.